The predicted octanol–water partition coefficient (Wildman–Crippen LogP) is 5.43. The number of aromatic nitrogens is 2. The number of H-pyrrole nitrogens is 2. The van der Waals surface area contributed by atoms with Gasteiger partial charge in [-0.3, -0.25) is 14.4 Å². The van der Waals surface area contributed by atoms with E-state index in [4.69, 9.17) is 4.74 Å². The third kappa shape index (κ3) is 4.77. The molecule has 6 N–H and O–H groups in total. The molecular weight excluding hydrogens is 572 g/mol. The number of aliphatic hydroxyl groups is 1. The number of aromatic amines is 2. The first-order chi connectivity index (χ1) is 21.4. The summed E-state index contributed by atoms with van der Waals surface area (Å²) in [5.41, 5.74) is 10.0. The number of aliphatic hydroxyl groups excluding tert-OH is 1. The first kappa shape index (κ1) is 30.7. The summed E-state index contributed by atoms with van der Waals surface area (Å²) in [5, 5.41) is 27.7. The highest BCUT2D eigenvalue weighted by molar-refractivity contribution is 6.24. The van der Waals surface area contributed by atoms with Crippen LogP contribution in [0.25, 0.3) is 23.8 Å². The van der Waals surface area contributed by atoms with Crippen LogP contribution in [0.5, 0.6) is 0 Å². The van der Waals surface area contributed by atoms with Crippen molar-refractivity contribution in [3.05, 3.63) is 67.8 Å². The van der Waals surface area contributed by atoms with E-state index in [2.05, 4.69) is 46.6 Å². The van der Waals surface area contributed by atoms with Crippen molar-refractivity contribution in [3.8, 4) is 0 Å². The molecule has 3 aliphatic heterocycles. The van der Waals surface area contributed by atoms with Gasteiger partial charge in [0.15, 0.2) is 5.78 Å². The number of ether oxygens (including phenoxy) is 1. The maximum Gasteiger partial charge on any atom is 0.321 e. The summed E-state index contributed by atoms with van der Waals surface area (Å²) in [6, 6.07) is 0. The maximum atomic E-state index is 14.0. The number of hydrogen-bond donors (Lipinski definition) is 6. The molecule has 8 bridgehead atoms. The number of carbonyl (C=O) groups excluding carboxylic acids is 2. The largest absolute Gasteiger partial charge is 0.481 e. The number of carboxylic acids is 1. The van der Waals surface area contributed by atoms with E-state index < -0.39 is 24.0 Å². The average Bonchev–Trinajstić information content (AvgIpc) is 3.72. The average molecular weight is 615 g/mol. The Bertz CT molecular complexity index is 1750. The third-order valence-corrected chi connectivity index (χ3v) is 10.4. The molecule has 2 aromatic heterocycles. The Morgan fingerprint density at radius 1 is 0.933 bits per heavy atom. The summed E-state index contributed by atoms with van der Waals surface area (Å²) in [6.45, 7) is 12.0. The molecule has 10 heteroatoms. The molecule has 45 heavy (non-hydrogen) atoms. The van der Waals surface area contributed by atoms with Crippen LogP contribution in [0, 0.1) is 43.4 Å². The number of hydrogen-bond acceptors (Lipinski definition) is 7. The summed E-state index contributed by atoms with van der Waals surface area (Å²) in [4.78, 5) is 46.1. The second-order valence-electron chi connectivity index (χ2n) is 12.9. The molecule has 1 aliphatic carbocycles. The lowest BCUT2D eigenvalue weighted by molar-refractivity contribution is -0.142. The molecule has 4 aliphatic rings. The highest BCUT2D eigenvalue weighted by Crippen LogP contribution is 2.49. The van der Waals surface area contributed by atoms with E-state index in [1.807, 2.05) is 26.8 Å². The SMILES string of the molecule is CC[C@H]1/C2=C/c3[nH]c4c(c3C)C(=O)[C@H](C(=O)OC)/C4=C3/N/C(=C\c4[nH]c(c(C(C)O)c4C)/C=C(\N2)[C@@H]1C)[C@@H](C)[C@@H]3CCC(=O)O. The van der Waals surface area contributed by atoms with E-state index >= 15 is 0 Å². The monoisotopic (exact) mass is 614 g/mol. The molecule has 238 valence electrons. The minimum Gasteiger partial charge on any atom is -0.481 e. The van der Waals surface area contributed by atoms with Crippen molar-refractivity contribution in [2.45, 2.75) is 66.9 Å². The number of esters is 1. The number of carbonyl (C=O) groups is 3. The molecule has 1 unspecified atom stereocenters. The van der Waals surface area contributed by atoms with E-state index in [1.165, 1.54) is 7.11 Å². The molecule has 5 heterocycles. The van der Waals surface area contributed by atoms with Gasteiger partial charge in [-0.15, -0.1) is 0 Å². The molecule has 0 aromatic carbocycles. The van der Waals surface area contributed by atoms with Gasteiger partial charge in [-0.05, 0) is 63.0 Å². The second kappa shape index (κ2) is 11.2. The number of Topliss-reactive ketones (excluding diaryl/α,β-unsaturated/α-hetero) is 1. The maximum absolute atomic E-state index is 14.0. The zero-order chi connectivity index (χ0) is 32.5. The molecule has 2 fully saturated rings. The van der Waals surface area contributed by atoms with Crippen LogP contribution in [0.15, 0.2) is 22.8 Å². The summed E-state index contributed by atoms with van der Waals surface area (Å²) in [5.74, 6) is -3.13. The number of ketones is 1. The smallest absolute Gasteiger partial charge is 0.321 e. The lowest BCUT2D eigenvalue weighted by Gasteiger charge is -2.19. The Kier molecular flexibility index (Phi) is 7.67. The van der Waals surface area contributed by atoms with Gasteiger partial charge in [0.25, 0.3) is 0 Å². The van der Waals surface area contributed by atoms with E-state index in [0.29, 0.717) is 28.9 Å². The molecular formula is C35H42N4O6. The van der Waals surface area contributed by atoms with Gasteiger partial charge in [0.05, 0.1) is 18.9 Å². The van der Waals surface area contributed by atoms with Crippen molar-refractivity contribution in [3.63, 3.8) is 0 Å². The fraction of sp³-hybridized carbons (Fsp3) is 0.457. The van der Waals surface area contributed by atoms with Crippen molar-refractivity contribution in [1.82, 2.24) is 20.6 Å². The number of aliphatic carboxylic acids is 1. The Hall–Kier alpha value is -4.31. The minimum atomic E-state index is -1.17. The van der Waals surface area contributed by atoms with Crippen LogP contribution in [-0.4, -0.2) is 45.0 Å². The van der Waals surface area contributed by atoms with Crippen LogP contribution in [0.2, 0.25) is 0 Å². The molecule has 2 saturated heterocycles. The van der Waals surface area contributed by atoms with Gasteiger partial charge >= 0.3 is 11.9 Å². The fourth-order valence-electron chi connectivity index (χ4n) is 7.92. The van der Waals surface area contributed by atoms with Crippen molar-refractivity contribution < 1.29 is 29.3 Å². The quantitative estimate of drug-likeness (QED) is 0.186. The summed E-state index contributed by atoms with van der Waals surface area (Å²) in [6.07, 6.45) is 6.58. The third-order valence-electron chi connectivity index (χ3n) is 10.4. The second-order valence-corrected chi connectivity index (χ2v) is 12.9. The topological polar surface area (TPSA) is 157 Å². The lowest BCUT2D eigenvalue weighted by Crippen LogP contribution is -2.25. The van der Waals surface area contributed by atoms with Gasteiger partial charge in [0.2, 0.25) is 0 Å². The van der Waals surface area contributed by atoms with Crippen LogP contribution >= 0.6 is 0 Å². The lowest BCUT2D eigenvalue weighted by atomic mass is 9.85. The number of methoxy groups -OCH3 is 1. The molecule has 2 aromatic rings. The molecule has 6 atom stereocenters. The van der Waals surface area contributed by atoms with Gasteiger partial charge in [0.1, 0.15) is 5.92 Å². The molecule has 6 rings (SSSR count). The predicted molar refractivity (Wildman–Crippen MR) is 171 cm³/mol. The highest BCUT2D eigenvalue weighted by atomic mass is 16.5. The van der Waals surface area contributed by atoms with Crippen molar-refractivity contribution >= 4 is 41.5 Å². The van der Waals surface area contributed by atoms with Gasteiger partial charge in [-0.1, -0.05) is 20.8 Å². The molecule has 0 radical (unpaired) electrons. The molecule has 10 nitrogen and oxygen atoms in total. The zero-order valence-corrected chi connectivity index (χ0v) is 26.8. The molecule has 0 saturated carbocycles. The number of allylic oxidation sites excluding steroid dienone is 4. The van der Waals surface area contributed by atoms with Crippen molar-refractivity contribution in [2.24, 2.45) is 29.6 Å². The highest BCUT2D eigenvalue weighted by Gasteiger charge is 2.48. The first-order valence-electron chi connectivity index (χ1n) is 15.8. The Morgan fingerprint density at radius 2 is 1.56 bits per heavy atom. The van der Waals surface area contributed by atoms with Gasteiger partial charge < -0.3 is 35.6 Å². The van der Waals surface area contributed by atoms with E-state index in [9.17, 15) is 24.6 Å². The van der Waals surface area contributed by atoms with Crippen molar-refractivity contribution in [2.75, 3.05) is 7.11 Å². The normalized spacial score (nSPS) is 30.9. The van der Waals surface area contributed by atoms with Crippen LogP contribution in [0.3, 0.4) is 0 Å². The summed E-state index contributed by atoms with van der Waals surface area (Å²) >= 11 is 0. The molecule has 0 spiro atoms. The standard InChI is InChI=1S/C35H42N4O6/c1-8-19-14(2)21-13-26-28(18(6)40)16(4)23(37-26)11-22-15(3)20(9-10-27(41)42)32(38-22)30-31(35(44)45-7)34(43)29-17(5)24(39-33(29)30)12-25(19)36-21/h11-15,18-20,31,36-40H,8-10H2,1-7H3,(H,41,42)/b21-13-,22-11-,25-12-,32-30-/t14-,15+,18?,19-,20+,31-/m1/s1. The van der Waals surface area contributed by atoms with Gasteiger partial charge in [-0.2, -0.15) is 0 Å². The van der Waals surface area contributed by atoms with Gasteiger partial charge in [-0.25, -0.2) is 0 Å². The minimum absolute atomic E-state index is 0.0702. The Balaban J connectivity index is 1.67. The van der Waals surface area contributed by atoms with E-state index in [-0.39, 0.29) is 35.9 Å². The molecule has 0 amide bonds. The van der Waals surface area contributed by atoms with E-state index in [0.717, 1.165) is 57.3 Å². The van der Waals surface area contributed by atoms with Crippen molar-refractivity contribution in [1.29, 1.82) is 0 Å². The van der Waals surface area contributed by atoms with Gasteiger partial charge in [0, 0.05) is 86.7 Å². The fourth-order valence-corrected chi connectivity index (χ4v) is 7.92. The van der Waals surface area contributed by atoms with Crippen LogP contribution in [0.4, 0.5) is 0 Å². The number of fused-ring (bicyclic) bond motifs is 7. The Labute approximate surface area is 262 Å². The van der Waals surface area contributed by atoms with E-state index in [1.54, 1.807) is 6.92 Å². The number of nitrogens with one attached hydrogen (secondary N) is 4. The summed E-state index contributed by atoms with van der Waals surface area (Å²) in [7, 11) is 1.28. The number of carboxylic acid groups (broad SMARTS) is 1. The Morgan fingerprint density at radius 3 is 2.20 bits per heavy atom. The zero-order valence-electron chi connectivity index (χ0n) is 26.8. The summed E-state index contributed by atoms with van der Waals surface area (Å²) < 4.78 is 5.15. The number of rotatable bonds is 6. The van der Waals surface area contributed by atoms with Crippen LogP contribution in [0.1, 0.15) is 103 Å². The van der Waals surface area contributed by atoms with Crippen LogP contribution < -0.4 is 10.6 Å². The first-order valence-corrected chi connectivity index (χ1v) is 15.8. The van der Waals surface area contributed by atoms with Crippen LogP contribution in [-0.2, 0) is 14.3 Å².